The number of hydrogen-bond donors (Lipinski definition) is 2. The summed E-state index contributed by atoms with van der Waals surface area (Å²) in [6.07, 6.45) is 10.1. The smallest absolute Gasteiger partial charge is 0.271 e. The zero-order valence-electron chi connectivity index (χ0n) is 19.8. The first kappa shape index (κ1) is 23.2. The Balaban J connectivity index is 1.48. The summed E-state index contributed by atoms with van der Waals surface area (Å²) in [4.78, 5) is 41.1. The van der Waals surface area contributed by atoms with E-state index in [1.165, 1.54) is 12.8 Å². The van der Waals surface area contributed by atoms with Crippen LogP contribution in [0, 0.1) is 5.92 Å². The van der Waals surface area contributed by atoms with Gasteiger partial charge >= 0.3 is 0 Å². The third-order valence-electron chi connectivity index (χ3n) is 6.18. The van der Waals surface area contributed by atoms with Crippen LogP contribution in [0.25, 0.3) is 11.3 Å². The fraction of sp³-hybridized carbons (Fsp3) is 0.520. The maximum Gasteiger partial charge on any atom is 0.271 e. The highest BCUT2D eigenvalue weighted by Crippen LogP contribution is 2.33. The van der Waals surface area contributed by atoms with Gasteiger partial charge in [-0.25, -0.2) is 9.97 Å². The number of pyridine rings is 1. The lowest BCUT2D eigenvalue weighted by Gasteiger charge is -2.46. The number of carbonyl (C=O) groups is 1. The number of amides is 1. The van der Waals surface area contributed by atoms with Crippen LogP contribution in [0.3, 0.4) is 0 Å². The monoisotopic (exact) mass is 450 g/mol. The summed E-state index contributed by atoms with van der Waals surface area (Å²) < 4.78 is 0. The number of likely N-dealkylation sites (tertiary alicyclic amines) is 1. The minimum atomic E-state index is -0.103. The van der Waals surface area contributed by atoms with Gasteiger partial charge in [0.15, 0.2) is 0 Å². The molecule has 2 aliphatic rings. The minimum Gasteiger partial charge on any atom is -0.360 e. The Morgan fingerprint density at radius 2 is 2.15 bits per heavy atom. The van der Waals surface area contributed by atoms with Gasteiger partial charge in [0.1, 0.15) is 11.5 Å². The van der Waals surface area contributed by atoms with E-state index in [1.54, 1.807) is 18.5 Å². The Morgan fingerprint density at radius 1 is 1.36 bits per heavy atom. The molecule has 33 heavy (non-hydrogen) atoms. The summed E-state index contributed by atoms with van der Waals surface area (Å²) in [5, 5.41) is 3.27. The molecule has 176 valence electrons. The molecule has 1 saturated heterocycles. The van der Waals surface area contributed by atoms with Gasteiger partial charge in [-0.3, -0.25) is 9.59 Å². The normalized spacial score (nSPS) is 16.4. The van der Waals surface area contributed by atoms with Crippen LogP contribution in [-0.2, 0) is 11.2 Å². The van der Waals surface area contributed by atoms with Crippen molar-refractivity contribution in [1.29, 1.82) is 0 Å². The predicted octanol–water partition coefficient (Wildman–Crippen LogP) is 2.38. The number of anilines is 1. The van der Waals surface area contributed by atoms with Gasteiger partial charge in [-0.1, -0.05) is 26.8 Å². The fourth-order valence-electron chi connectivity index (χ4n) is 3.99. The Morgan fingerprint density at radius 3 is 2.85 bits per heavy atom. The van der Waals surface area contributed by atoms with Crippen LogP contribution >= 0.6 is 0 Å². The van der Waals surface area contributed by atoms with Crippen molar-refractivity contribution < 1.29 is 4.79 Å². The average molecular weight is 451 g/mol. The molecule has 2 aromatic heterocycles. The van der Waals surface area contributed by atoms with E-state index in [4.69, 9.17) is 0 Å². The maximum atomic E-state index is 12.8. The van der Waals surface area contributed by atoms with Crippen LogP contribution in [0.2, 0.25) is 0 Å². The molecule has 0 radical (unpaired) electrons. The second-order valence-corrected chi connectivity index (χ2v) is 9.27. The number of aryl methyl sites for hydroxylation is 1. The molecular formula is C25H34N6O2. The third kappa shape index (κ3) is 5.87. The average Bonchev–Trinajstić information content (AvgIpc) is 3.59. The van der Waals surface area contributed by atoms with Crippen LogP contribution in [0.4, 0.5) is 5.69 Å². The molecule has 2 N–H and O–H groups in total. The Kier molecular flexibility index (Phi) is 7.23. The largest absolute Gasteiger partial charge is 0.360 e. The summed E-state index contributed by atoms with van der Waals surface area (Å²) in [5.41, 5.74) is 2.23. The number of aromatic nitrogens is 3. The topological polar surface area (TPSA) is 94.2 Å². The maximum absolute atomic E-state index is 12.8. The molecule has 1 aliphatic heterocycles. The van der Waals surface area contributed by atoms with Crippen molar-refractivity contribution in [2.24, 2.45) is 5.92 Å². The van der Waals surface area contributed by atoms with Crippen LogP contribution in [0.5, 0.6) is 0 Å². The lowest BCUT2D eigenvalue weighted by Crippen LogP contribution is -2.62. The Labute approximate surface area is 195 Å². The predicted molar refractivity (Wildman–Crippen MR) is 130 cm³/mol. The first-order valence-electron chi connectivity index (χ1n) is 11.9. The van der Waals surface area contributed by atoms with Crippen LogP contribution in [0.15, 0.2) is 41.5 Å². The lowest BCUT2D eigenvalue weighted by molar-refractivity contribution is -0.130. The number of carbonyl (C=O) groups excluding carboxylic acids is 1. The molecule has 3 heterocycles. The SMILES string of the molecule is CCc1nccc(-c2c[nH]c(=O)c(N(CC3CC3)C3CN(C(=O)/C=C/CNC(C)C)C3)c2)n1. The molecule has 0 unspecified atom stereocenters. The highest BCUT2D eigenvalue weighted by Gasteiger charge is 2.37. The van der Waals surface area contributed by atoms with Gasteiger partial charge in [-0.2, -0.15) is 0 Å². The highest BCUT2D eigenvalue weighted by molar-refractivity contribution is 5.88. The van der Waals surface area contributed by atoms with Gasteiger partial charge in [0.2, 0.25) is 5.91 Å². The van der Waals surface area contributed by atoms with Gasteiger partial charge in [-0.05, 0) is 30.9 Å². The van der Waals surface area contributed by atoms with Gasteiger partial charge < -0.3 is 20.1 Å². The second-order valence-electron chi connectivity index (χ2n) is 9.27. The molecule has 1 amide bonds. The van der Waals surface area contributed by atoms with E-state index >= 15 is 0 Å². The van der Waals surface area contributed by atoms with E-state index in [1.807, 2.05) is 30.0 Å². The summed E-state index contributed by atoms with van der Waals surface area (Å²) in [7, 11) is 0. The number of rotatable bonds is 10. The molecule has 1 saturated carbocycles. The molecule has 8 heteroatoms. The molecule has 2 fully saturated rings. The van der Waals surface area contributed by atoms with E-state index < -0.39 is 0 Å². The molecule has 4 rings (SSSR count). The molecule has 0 spiro atoms. The summed E-state index contributed by atoms with van der Waals surface area (Å²) in [5.74, 6) is 1.42. The van der Waals surface area contributed by atoms with E-state index in [0.717, 1.165) is 30.0 Å². The van der Waals surface area contributed by atoms with Crippen molar-refractivity contribution >= 4 is 11.6 Å². The van der Waals surface area contributed by atoms with Gasteiger partial charge in [0.25, 0.3) is 5.56 Å². The summed E-state index contributed by atoms with van der Waals surface area (Å²) in [6.45, 7) is 8.96. The van der Waals surface area contributed by atoms with E-state index in [2.05, 4.69) is 39.0 Å². The standard InChI is InChI=1S/C25H34N6O2/c1-4-23-27-11-9-21(29-23)19-12-22(25(33)28-13-19)31(14-18-7-8-18)20-15-30(16-20)24(32)6-5-10-26-17(2)3/h5-6,9,11-13,17-18,20,26H,4,7-8,10,14-16H2,1-3H3,(H,28,33)/b6-5+. The van der Waals surface area contributed by atoms with Gasteiger partial charge in [0, 0.05) is 62.7 Å². The van der Waals surface area contributed by atoms with Crippen molar-refractivity contribution in [1.82, 2.24) is 25.2 Å². The van der Waals surface area contributed by atoms with Crippen molar-refractivity contribution in [2.75, 3.05) is 31.1 Å². The fourth-order valence-corrected chi connectivity index (χ4v) is 3.99. The third-order valence-corrected chi connectivity index (χ3v) is 6.18. The lowest BCUT2D eigenvalue weighted by atomic mass is 10.0. The van der Waals surface area contributed by atoms with Crippen LogP contribution in [-0.4, -0.2) is 64.0 Å². The van der Waals surface area contributed by atoms with Crippen LogP contribution in [0.1, 0.15) is 39.4 Å². The van der Waals surface area contributed by atoms with E-state index in [0.29, 0.717) is 37.3 Å². The summed E-state index contributed by atoms with van der Waals surface area (Å²) in [6, 6.07) is 4.33. The first-order valence-corrected chi connectivity index (χ1v) is 11.9. The number of nitrogens with one attached hydrogen (secondary N) is 2. The zero-order chi connectivity index (χ0) is 23.4. The first-order chi connectivity index (χ1) is 15.9. The molecule has 0 atom stereocenters. The Hall–Kier alpha value is -3.00. The van der Waals surface area contributed by atoms with Crippen molar-refractivity contribution in [2.45, 2.75) is 52.1 Å². The number of H-pyrrole nitrogens is 1. The summed E-state index contributed by atoms with van der Waals surface area (Å²) >= 11 is 0. The molecule has 0 bridgehead atoms. The molecular weight excluding hydrogens is 416 g/mol. The minimum absolute atomic E-state index is 0.0268. The molecule has 1 aliphatic carbocycles. The second kappa shape index (κ2) is 10.3. The van der Waals surface area contributed by atoms with Crippen molar-refractivity contribution in [3.05, 3.63) is 52.9 Å². The van der Waals surface area contributed by atoms with E-state index in [9.17, 15) is 9.59 Å². The zero-order valence-corrected chi connectivity index (χ0v) is 19.8. The van der Waals surface area contributed by atoms with Gasteiger partial charge in [0.05, 0.1) is 11.7 Å². The molecule has 8 nitrogen and oxygen atoms in total. The number of aromatic amines is 1. The molecule has 0 aromatic carbocycles. The van der Waals surface area contributed by atoms with Crippen molar-refractivity contribution in [3.8, 4) is 11.3 Å². The van der Waals surface area contributed by atoms with Crippen LogP contribution < -0.4 is 15.8 Å². The van der Waals surface area contributed by atoms with Gasteiger partial charge in [-0.15, -0.1) is 0 Å². The van der Waals surface area contributed by atoms with Crippen molar-refractivity contribution in [3.63, 3.8) is 0 Å². The Bertz CT molecular complexity index is 1050. The molecule has 2 aromatic rings. The van der Waals surface area contributed by atoms with E-state index in [-0.39, 0.29) is 17.5 Å². The number of nitrogens with zero attached hydrogens (tertiary/aromatic N) is 4. The highest BCUT2D eigenvalue weighted by atomic mass is 16.2. The quantitative estimate of drug-likeness (QED) is 0.540. The number of hydrogen-bond acceptors (Lipinski definition) is 6.